The number of alkyl halides is 2. The summed E-state index contributed by atoms with van der Waals surface area (Å²) in [6.45, 7) is 1.39. The molecule has 2 nitrogen and oxygen atoms in total. The molecule has 0 aromatic heterocycles. The largest absolute Gasteiger partial charge is 0.421 e. The predicted octanol–water partition coefficient (Wildman–Crippen LogP) is 0.708. The molecule has 0 aliphatic carbocycles. The van der Waals surface area contributed by atoms with E-state index in [1.807, 2.05) is 0 Å². The Hall–Kier alpha value is 0.717. The zero-order chi connectivity index (χ0) is 7.40. The van der Waals surface area contributed by atoms with Gasteiger partial charge in [0.05, 0.1) is 19.3 Å². The maximum Gasteiger partial charge on any atom is 0.164 e. The molecule has 1 heterocycles. The molecule has 1 fully saturated rings. The topological polar surface area (TPSA) is 21.8 Å². The Morgan fingerprint density at radius 1 is 1.70 bits per heavy atom. The van der Waals surface area contributed by atoms with Gasteiger partial charge in [-0.05, 0) is 6.04 Å². The average Bonchev–Trinajstić information content (AvgIpc) is 2.62. The van der Waals surface area contributed by atoms with Gasteiger partial charge < -0.3 is 9.16 Å². The van der Waals surface area contributed by atoms with Gasteiger partial charge in [0.15, 0.2) is 9.76 Å². The van der Waals surface area contributed by atoms with Crippen molar-refractivity contribution in [1.82, 2.24) is 0 Å². The Bertz CT molecular complexity index is 93.6. The van der Waals surface area contributed by atoms with Gasteiger partial charge in [0, 0.05) is 0 Å². The van der Waals surface area contributed by atoms with Crippen LogP contribution in [0.1, 0.15) is 0 Å². The molecule has 0 amide bonds. The van der Waals surface area contributed by atoms with Crippen LogP contribution in [0, 0.1) is 0 Å². The maximum atomic E-state index is 5.44. The van der Waals surface area contributed by atoms with E-state index in [2.05, 4.69) is 0 Å². The summed E-state index contributed by atoms with van der Waals surface area (Å²) >= 11 is 10.9. The summed E-state index contributed by atoms with van der Waals surface area (Å²) < 4.78 is 10.2. The normalized spacial score (nSPS) is 24.9. The molecule has 0 bridgehead atoms. The standard InChI is InChI=1S/C5H10Cl2O2Si/c6-5(7)2-9-10-3-4-1-8-4/h4-5H,1-3,10H2. The number of hydrogen-bond acceptors (Lipinski definition) is 2. The number of rotatable bonds is 5. The van der Waals surface area contributed by atoms with Crippen LogP contribution >= 0.6 is 23.2 Å². The first-order valence-electron chi connectivity index (χ1n) is 3.26. The van der Waals surface area contributed by atoms with Crippen LogP contribution in [0.15, 0.2) is 0 Å². The van der Waals surface area contributed by atoms with E-state index in [9.17, 15) is 0 Å². The lowest BCUT2D eigenvalue weighted by molar-refractivity contribution is 0.346. The SMILES string of the molecule is ClC(Cl)CO[SiH2]CC1CO1. The van der Waals surface area contributed by atoms with Crippen LogP contribution in [0.4, 0.5) is 0 Å². The minimum atomic E-state index is -0.410. The van der Waals surface area contributed by atoms with Gasteiger partial charge in [0.1, 0.15) is 4.84 Å². The fourth-order valence-corrected chi connectivity index (χ4v) is 2.26. The van der Waals surface area contributed by atoms with Gasteiger partial charge in [-0.1, -0.05) is 0 Å². The second-order valence-corrected chi connectivity index (χ2v) is 4.88. The molecule has 60 valence electrons. The van der Waals surface area contributed by atoms with Gasteiger partial charge in [-0.2, -0.15) is 0 Å². The molecule has 0 aromatic carbocycles. The first-order valence-corrected chi connectivity index (χ1v) is 5.71. The molecule has 0 saturated carbocycles. The van der Waals surface area contributed by atoms with Crippen LogP contribution in [0.5, 0.6) is 0 Å². The number of halogens is 2. The van der Waals surface area contributed by atoms with Gasteiger partial charge in [0.2, 0.25) is 0 Å². The van der Waals surface area contributed by atoms with Crippen LogP contribution < -0.4 is 0 Å². The summed E-state index contributed by atoms with van der Waals surface area (Å²) in [5.74, 6) is 0. The molecule has 0 N–H and O–H groups in total. The van der Waals surface area contributed by atoms with Crippen LogP contribution in [-0.4, -0.2) is 33.9 Å². The summed E-state index contributed by atoms with van der Waals surface area (Å²) in [5, 5.41) is 0. The van der Waals surface area contributed by atoms with Crippen molar-refractivity contribution >= 4 is 33.0 Å². The van der Waals surface area contributed by atoms with E-state index in [4.69, 9.17) is 32.4 Å². The van der Waals surface area contributed by atoms with Crippen molar-refractivity contribution in [3.63, 3.8) is 0 Å². The second kappa shape index (κ2) is 4.57. The zero-order valence-corrected chi connectivity index (χ0v) is 8.48. The molecule has 1 aliphatic heterocycles. The highest BCUT2D eigenvalue weighted by Gasteiger charge is 2.21. The third kappa shape index (κ3) is 4.52. The predicted molar refractivity (Wildman–Crippen MR) is 44.5 cm³/mol. The van der Waals surface area contributed by atoms with E-state index in [0.29, 0.717) is 12.7 Å². The molecule has 5 heteroatoms. The van der Waals surface area contributed by atoms with Crippen molar-refractivity contribution in [3.05, 3.63) is 0 Å². The summed E-state index contributed by atoms with van der Waals surface area (Å²) in [6, 6.07) is 1.10. The lowest BCUT2D eigenvalue weighted by Crippen LogP contribution is -2.07. The lowest BCUT2D eigenvalue weighted by Gasteiger charge is -2.01. The van der Waals surface area contributed by atoms with Gasteiger partial charge in [-0.25, -0.2) is 0 Å². The number of ether oxygens (including phenoxy) is 1. The third-order valence-electron chi connectivity index (χ3n) is 1.23. The van der Waals surface area contributed by atoms with Gasteiger partial charge >= 0.3 is 0 Å². The minimum Gasteiger partial charge on any atom is -0.421 e. The van der Waals surface area contributed by atoms with Crippen LogP contribution in [0.25, 0.3) is 0 Å². The van der Waals surface area contributed by atoms with Crippen molar-refractivity contribution in [1.29, 1.82) is 0 Å². The first kappa shape index (κ1) is 8.81. The van der Waals surface area contributed by atoms with E-state index in [-0.39, 0.29) is 4.84 Å². The molecule has 0 spiro atoms. The summed E-state index contributed by atoms with van der Waals surface area (Å²) in [6.07, 6.45) is 0.496. The summed E-state index contributed by atoms with van der Waals surface area (Å²) in [5.41, 5.74) is 0. The second-order valence-electron chi connectivity index (χ2n) is 2.21. The Morgan fingerprint density at radius 2 is 2.40 bits per heavy atom. The fraction of sp³-hybridized carbons (Fsp3) is 1.00. The monoisotopic (exact) mass is 200 g/mol. The van der Waals surface area contributed by atoms with Crippen LogP contribution in [0.2, 0.25) is 6.04 Å². The van der Waals surface area contributed by atoms with Gasteiger partial charge in [-0.3, -0.25) is 0 Å². The zero-order valence-electron chi connectivity index (χ0n) is 5.56. The number of epoxide rings is 1. The molecular formula is C5H10Cl2O2Si. The number of hydrogen-bond donors (Lipinski definition) is 0. The van der Waals surface area contributed by atoms with Crippen molar-refractivity contribution in [2.75, 3.05) is 13.2 Å². The highest BCUT2D eigenvalue weighted by atomic mass is 35.5. The summed E-state index contributed by atoms with van der Waals surface area (Å²) in [7, 11) is -0.410. The van der Waals surface area contributed by atoms with Crippen molar-refractivity contribution in [3.8, 4) is 0 Å². The van der Waals surface area contributed by atoms with E-state index in [0.717, 1.165) is 12.7 Å². The highest BCUT2D eigenvalue weighted by molar-refractivity contribution is 6.44. The van der Waals surface area contributed by atoms with E-state index in [1.165, 1.54) is 0 Å². The van der Waals surface area contributed by atoms with Crippen molar-refractivity contribution in [2.24, 2.45) is 0 Å². The Kier molecular flexibility index (Phi) is 4.02. The first-order chi connectivity index (χ1) is 4.79. The van der Waals surface area contributed by atoms with E-state index >= 15 is 0 Å². The highest BCUT2D eigenvalue weighted by Crippen LogP contribution is 2.13. The summed E-state index contributed by atoms with van der Waals surface area (Å²) in [4.78, 5) is -0.368. The molecule has 1 rings (SSSR count). The molecule has 1 aliphatic rings. The van der Waals surface area contributed by atoms with Crippen LogP contribution in [0.3, 0.4) is 0 Å². The molecule has 1 saturated heterocycles. The molecule has 0 radical (unpaired) electrons. The quantitative estimate of drug-likeness (QED) is 0.283. The van der Waals surface area contributed by atoms with E-state index < -0.39 is 9.76 Å². The molecule has 1 unspecified atom stereocenters. The molecular weight excluding hydrogens is 191 g/mol. The van der Waals surface area contributed by atoms with E-state index in [1.54, 1.807) is 0 Å². The fourth-order valence-electron chi connectivity index (χ4n) is 0.622. The molecule has 0 aromatic rings. The maximum absolute atomic E-state index is 5.44. The molecule has 1 atom stereocenters. The van der Waals surface area contributed by atoms with Crippen molar-refractivity contribution in [2.45, 2.75) is 17.0 Å². The molecule has 10 heavy (non-hydrogen) atoms. The third-order valence-corrected chi connectivity index (χ3v) is 2.89. The van der Waals surface area contributed by atoms with Crippen molar-refractivity contribution < 1.29 is 9.16 Å². The Morgan fingerprint density at radius 3 is 2.90 bits per heavy atom. The van der Waals surface area contributed by atoms with Gasteiger partial charge in [-0.15, -0.1) is 23.2 Å². The average molecular weight is 201 g/mol. The van der Waals surface area contributed by atoms with Crippen LogP contribution in [-0.2, 0) is 9.16 Å². The smallest absolute Gasteiger partial charge is 0.164 e. The van der Waals surface area contributed by atoms with Gasteiger partial charge in [0.25, 0.3) is 0 Å². The minimum absolute atomic E-state index is 0.368. The Labute approximate surface area is 72.7 Å². The lowest BCUT2D eigenvalue weighted by atomic mass is 10.6. The Balaban J connectivity index is 1.76.